The fourth-order valence-electron chi connectivity index (χ4n) is 2.17. The summed E-state index contributed by atoms with van der Waals surface area (Å²) < 4.78 is 29.9. The molecule has 20 heavy (non-hydrogen) atoms. The molecule has 0 saturated carbocycles. The van der Waals surface area contributed by atoms with Crippen LogP contribution in [0.5, 0.6) is 0 Å². The van der Waals surface area contributed by atoms with Crippen LogP contribution in [0.25, 0.3) is 0 Å². The molecular weight excluding hydrogens is 280 g/mol. The van der Waals surface area contributed by atoms with E-state index in [0.717, 1.165) is 24.7 Å². The number of piperidine rings is 1. The van der Waals surface area contributed by atoms with Crippen LogP contribution in [0.1, 0.15) is 26.2 Å². The van der Waals surface area contributed by atoms with Crippen LogP contribution in [0.3, 0.4) is 0 Å². The van der Waals surface area contributed by atoms with Gasteiger partial charge in [0.15, 0.2) is 0 Å². The van der Waals surface area contributed by atoms with Gasteiger partial charge in [-0.2, -0.15) is 4.31 Å². The minimum absolute atomic E-state index is 0.242. The van der Waals surface area contributed by atoms with Crippen LogP contribution in [0.15, 0.2) is 12.2 Å². The van der Waals surface area contributed by atoms with Crippen molar-refractivity contribution in [3.8, 4) is 0 Å². The van der Waals surface area contributed by atoms with Gasteiger partial charge in [-0.15, -0.1) is 0 Å². The summed E-state index contributed by atoms with van der Waals surface area (Å²) in [6.45, 7) is 7.23. The topological polar surface area (TPSA) is 75.7 Å². The molecule has 0 radical (unpaired) electrons. The molecule has 1 fully saturated rings. The first kappa shape index (κ1) is 17.1. The molecule has 116 valence electrons. The number of nitrogens with zero attached hydrogens (tertiary/aromatic N) is 1. The zero-order valence-electron chi connectivity index (χ0n) is 12.2. The van der Waals surface area contributed by atoms with Crippen molar-refractivity contribution in [2.24, 2.45) is 0 Å². The fourth-order valence-corrected chi connectivity index (χ4v) is 3.30. The lowest BCUT2D eigenvalue weighted by atomic mass is 10.0. The third kappa shape index (κ3) is 5.60. The van der Waals surface area contributed by atoms with E-state index < -0.39 is 16.1 Å². The van der Waals surface area contributed by atoms with Crippen LogP contribution in [0, 0.1) is 0 Å². The van der Waals surface area contributed by atoms with Crippen molar-refractivity contribution in [2.45, 2.75) is 32.2 Å². The number of hydrogen-bond acceptors (Lipinski definition) is 4. The van der Waals surface area contributed by atoms with E-state index in [1.54, 1.807) is 0 Å². The summed E-state index contributed by atoms with van der Waals surface area (Å²) in [5, 5.41) is 2.73. The Morgan fingerprint density at radius 2 is 2.15 bits per heavy atom. The number of sulfonamides is 1. The predicted octanol–water partition coefficient (Wildman–Crippen LogP) is 0.509. The van der Waals surface area contributed by atoms with E-state index in [9.17, 15) is 13.2 Å². The Labute approximate surface area is 121 Å². The summed E-state index contributed by atoms with van der Waals surface area (Å²) in [7, 11) is -3.34. The maximum absolute atomic E-state index is 12.1. The summed E-state index contributed by atoms with van der Waals surface area (Å²) in [5.41, 5.74) is 0.923. The van der Waals surface area contributed by atoms with Crippen molar-refractivity contribution in [2.75, 3.05) is 32.6 Å². The molecule has 7 heteroatoms. The molecule has 1 saturated heterocycles. The maximum atomic E-state index is 12.1. The molecule has 1 heterocycles. The van der Waals surface area contributed by atoms with Gasteiger partial charge in [0.25, 0.3) is 0 Å². The van der Waals surface area contributed by atoms with E-state index in [1.807, 2.05) is 6.92 Å². The third-order valence-corrected chi connectivity index (χ3v) is 4.37. The van der Waals surface area contributed by atoms with E-state index in [4.69, 9.17) is 4.74 Å². The number of hydrogen-bond donors (Lipinski definition) is 1. The number of carbonyl (C=O) groups excluding carboxylic acids is 1. The highest BCUT2D eigenvalue weighted by Crippen LogP contribution is 2.19. The second-order valence-electron chi connectivity index (χ2n) is 5.19. The Morgan fingerprint density at radius 3 is 2.75 bits per heavy atom. The van der Waals surface area contributed by atoms with E-state index in [-0.39, 0.29) is 5.91 Å². The van der Waals surface area contributed by atoms with E-state index in [2.05, 4.69) is 11.9 Å². The van der Waals surface area contributed by atoms with Gasteiger partial charge >= 0.3 is 0 Å². The van der Waals surface area contributed by atoms with Gasteiger partial charge in [0.1, 0.15) is 6.04 Å². The zero-order chi connectivity index (χ0) is 15.2. The van der Waals surface area contributed by atoms with Crippen LogP contribution < -0.4 is 5.32 Å². The number of ether oxygens (including phenoxy) is 1. The molecule has 0 aromatic rings. The first-order valence-electron chi connectivity index (χ1n) is 6.79. The number of carbonyl (C=O) groups is 1. The molecule has 0 aromatic heterocycles. The first-order chi connectivity index (χ1) is 9.32. The first-order valence-corrected chi connectivity index (χ1v) is 8.64. The lowest BCUT2D eigenvalue weighted by Crippen LogP contribution is -2.51. The maximum Gasteiger partial charge on any atom is 0.238 e. The van der Waals surface area contributed by atoms with Crippen molar-refractivity contribution in [1.82, 2.24) is 9.62 Å². The molecule has 1 rings (SSSR count). The molecule has 1 unspecified atom stereocenters. The van der Waals surface area contributed by atoms with Crippen molar-refractivity contribution in [3.63, 3.8) is 0 Å². The molecule has 1 aliphatic heterocycles. The fraction of sp³-hybridized carbons (Fsp3) is 0.769. The van der Waals surface area contributed by atoms with Crippen LogP contribution >= 0.6 is 0 Å². The van der Waals surface area contributed by atoms with Gasteiger partial charge < -0.3 is 10.1 Å². The standard InChI is InChI=1S/C13H24N2O4S/c1-11(2)10-19-9-7-14-13(16)12-6-4-5-8-15(12)20(3,17)18/h12H,1,4-10H2,2-3H3,(H,14,16). The monoisotopic (exact) mass is 304 g/mol. The Bertz CT molecular complexity index is 447. The van der Waals surface area contributed by atoms with Crippen LogP contribution in [0.2, 0.25) is 0 Å². The number of nitrogens with one attached hydrogen (secondary N) is 1. The van der Waals surface area contributed by atoms with Gasteiger partial charge in [-0.1, -0.05) is 18.6 Å². The Hall–Kier alpha value is -0.920. The summed E-state index contributed by atoms with van der Waals surface area (Å²) in [6, 6.07) is -0.583. The molecule has 1 N–H and O–H groups in total. The van der Waals surface area contributed by atoms with Gasteiger partial charge in [-0.3, -0.25) is 4.79 Å². The number of rotatable bonds is 7. The molecule has 1 atom stereocenters. The lowest BCUT2D eigenvalue weighted by molar-refractivity contribution is -0.125. The largest absolute Gasteiger partial charge is 0.375 e. The molecule has 6 nitrogen and oxygen atoms in total. The summed E-state index contributed by atoms with van der Waals surface area (Å²) in [6.07, 6.45) is 3.40. The average Bonchev–Trinajstić information content (AvgIpc) is 2.36. The lowest BCUT2D eigenvalue weighted by Gasteiger charge is -2.32. The molecule has 1 aliphatic rings. The highest BCUT2D eigenvalue weighted by atomic mass is 32.2. The van der Waals surface area contributed by atoms with Crippen molar-refractivity contribution >= 4 is 15.9 Å². The van der Waals surface area contributed by atoms with Gasteiger partial charge in [-0.05, 0) is 19.8 Å². The van der Waals surface area contributed by atoms with Crippen LogP contribution in [0.4, 0.5) is 0 Å². The quantitative estimate of drug-likeness (QED) is 0.549. The molecule has 0 aromatic carbocycles. The normalized spacial score (nSPS) is 20.6. The Kier molecular flexibility index (Phi) is 6.64. The molecular formula is C13H24N2O4S. The molecule has 0 bridgehead atoms. The van der Waals surface area contributed by atoms with Gasteiger partial charge in [-0.25, -0.2) is 8.42 Å². The summed E-state index contributed by atoms with van der Waals surface area (Å²) in [5.74, 6) is -0.242. The minimum atomic E-state index is -3.34. The zero-order valence-corrected chi connectivity index (χ0v) is 13.0. The average molecular weight is 304 g/mol. The highest BCUT2D eigenvalue weighted by Gasteiger charge is 2.34. The smallest absolute Gasteiger partial charge is 0.238 e. The summed E-state index contributed by atoms with van der Waals surface area (Å²) in [4.78, 5) is 12.1. The second kappa shape index (κ2) is 7.75. The SMILES string of the molecule is C=C(C)COCCNC(=O)C1CCCCN1S(C)(=O)=O. The van der Waals surface area contributed by atoms with Gasteiger partial charge in [0.2, 0.25) is 15.9 Å². The van der Waals surface area contributed by atoms with Crippen LogP contribution in [-0.4, -0.2) is 57.2 Å². The highest BCUT2D eigenvalue weighted by molar-refractivity contribution is 7.88. The second-order valence-corrected chi connectivity index (χ2v) is 7.12. The van der Waals surface area contributed by atoms with E-state index >= 15 is 0 Å². The van der Waals surface area contributed by atoms with E-state index in [0.29, 0.717) is 32.7 Å². The minimum Gasteiger partial charge on any atom is -0.375 e. The van der Waals surface area contributed by atoms with Crippen molar-refractivity contribution in [1.29, 1.82) is 0 Å². The molecule has 0 spiro atoms. The van der Waals surface area contributed by atoms with Crippen molar-refractivity contribution < 1.29 is 17.9 Å². The number of amides is 1. The summed E-state index contributed by atoms with van der Waals surface area (Å²) >= 11 is 0. The van der Waals surface area contributed by atoms with Gasteiger partial charge in [0.05, 0.1) is 19.5 Å². The Morgan fingerprint density at radius 1 is 1.45 bits per heavy atom. The third-order valence-electron chi connectivity index (χ3n) is 3.08. The van der Waals surface area contributed by atoms with Gasteiger partial charge in [0, 0.05) is 13.1 Å². The Balaban J connectivity index is 2.42. The predicted molar refractivity (Wildman–Crippen MR) is 77.8 cm³/mol. The van der Waals surface area contributed by atoms with E-state index in [1.165, 1.54) is 4.31 Å². The molecule has 1 amide bonds. The van der Waals surface area contributed by atoms with Crippen molar-refractivity contribution in [3.05, 3.63) is 12.2 Å². The molecule has 0 aliphatic carbocycles. The van der Waals surface area contributed by atoms with Crippen LogP contribution in [-0.2, 0) is 19.6 Å².